The monoisotopic (exact) mass is 334 g/mol. The van der Waals surface area contributed by atoms with E-state index in [1.165, 1.54) is 23.8 Å². The van der Waals surface area contributed by atoms with Gasteiger partial charge in [-0.3, -0.25) is 4.79 Å². The first-order chi connectivity index (χ1) is 11.2. The van der Waals surface area contributed by atoms with Gasteiger partial charge in [-0.25, -0.2) is 4.98 Å². The van der Waals surface area contributed by atoms with Crippen molar-refractivity contribution >= 4 is 21.4 Å². The van der Waals surface area contributed by atoms with E-state index >= 15 is 0 Å². The molecule has 1 aliphatic heterocycles. The summed E-state index contributed by atoms with van der Waals surface area (Å²) in [6, 6.07) is 1.62. The Morgan fingerprint density at radius 3 is 2.83 bits per heavy atom. The SMILES string of the molecule is CCCc1cc(=O)n2nc(N3CCC(C(CC)CC)C3)sc2n1. The van der Waals surface area contributed by atoms with Gasteiger partial charge < -0.3 is 4.90 Å². The molecule has 0 spiro atoms. The van der Waals surface area contributed by atoms with Crippen molar-refractivity contribution in [2.75, 3.05) is 18.0 Å². The van der Waals surface area contributed by atoms with E-state index in [4.69, 9.17) is 0 Å². The van der Waals surface area contributed by atoms with E-state index in [0.29, 0.717) is 0 Å². The molecule has 0 aliphatic carbocycles. The Bertz CT molecular complexity index is 719. The minimum absolute atomic E-state index is 0.0586. The number of rotatable bonds is 6. The summed E-state index contributed by atoms with van der Waals surface area (Å²) in [4.78, 5) is 19.9. The molecule has 0 radical (unpaired) electrons. The number of nitrogens with zero attached hydrogens (tertiary/aromatic N) is 4. The van der Waals surface area contributed by atoms with Gasteiger partial charge in [-0.2, -0.15) is 4.52 Å². The van der Waals surface area contributed by atoms with Gasteiger partial charge in [-0.1, -0.05) is 51.4 Å². The summed E-state index contributed by atoms with van der Waals surface area (Å²) in [6.45, 7) is 8.77. The molecule has 3 heterocycles. The average Bonchev–Trinajstić information content (AvgIpc) is 3.16. The number of hydrogen-bond acceptors (Lipinski definition) is 5. The number of hydrogen-bond donors (Lipinski definition) is 0. The molecule has 1 unspecified atom stereocenters. The Labute approximate surface area is 141 Å². The summed E-state index contributed by atoms with van der Waals surface area (Å²) < 4.78 is 1.46. The first-order valence-electron chi connectivity index (χ1n) is 8.81. The molecule has 2 aromatic heterocycles. The van der Waals surface area contributed by atoms with Crippen LogP contribution in [0.1, 0.15) is 52.1 Å². The fourth-order valence-corrected chi connectivity index (χ4v) is 4.62. The van der Waals surface area contributed by atoms with Crippen molar-refractivity contribution in [3.05, 3.63) is 22.1 Å². The maximum atomic E-state index is 12.2. The fourth-order valence-electron chi connectivity index (χ4n) is 3.66. The first kappa shape index (κ1) is 16.4. The Morgan fingerprint density at radius 1 is 1.35 bits per heavy atom. The third kappa shape index (κ3) is 3.27. The summed E-state index contributed by atoms with van der Waals surface area (Å²) in [5.74, 6) is 1.55. The largest absolute Gasteiger partial charge is 0.346 e. The molecular weight excluding hydrogens is 308 g/mol. The standard InChI is InChI=1S/C17H26N4OS/c1-4-7-14-10-15(22)21-16(18-14)23-17(19-21)20-9-8-13(11-20)12(5-2)6-3/h10,12-13H,4-9,11H2,1-3H3. The highest BCUT2D eigenvalue weighted by molar-refractivity contribution is 7.20. The lowest BCUT2D eigenvalue weighted by atomic mass is 9.87. The topological polar surface area (TPSA) is 50.5 Å². The smallest absolute Gasteiger partial charge is 0.275 e. The maximum Gasteiger partial charge on any atom is 0.275 e. The van der Waals surface area contributed by atoms with Crippen LogP contribution in [0.25, 0.3) is 4.96 Å². The second-order valence-corrected chi connectivity index (χ2v) is 7.42. The lowest BCUT2D eigenvalue weighted by Gasteiger charge is -2.20. The van der Waals surface area contributed by atoms with Crippen molar-refractivity contribution in [3.63, 3.8) is 0 Å². The molecule has 0 N–H and O–H groups in total. The van der Waals surface area contributed by atoms with Crippen LogP contribution in [0.15, 0.2) is 10.9 Å². The van der Waals surface area contributed by atoms with Gasteiger partial charge in [-0.15, -0.1) is 5.10 Å². The lowest BCUT2D eigenvalue weighted by Crippen LogP contribution is -2.23. The average molecular weight is 334 g/mol. The Morgan fingerprint density at radius 2 is 2.13 bits per heavy atom. The highest BCUT2D eigenvalue weighted by atomic mass is 32.1. The van der Waals surface area contributed by atoms with Crippen LogP contribution in [-0.4, -0.2) is 27.7 Å². The molecule has 0 amide bonds. The molecule has 1 atom stereocenters. The number of aromatic nitrogens is 3. The quantitative estimate of drug-likeness (QED) is 0.813. The van der Waals surface area contributed by atoms with Gasteiger partial charge >= 0.3 is 0 Å². The van der Waals surface area contributed by atoms with Crippen LogP contribution in [0.3, 0.4) is 0 Å². The predicted octanol–water partition coefficient (Wildman–Crippen LogP) is 3.37. The van der Waals surface area contributed by atoms with E-state index in [-0.39, 0.29) is 5.56 Å². The van der Waals surface area contributed by atoms with Crippen LogP contribution >= 0.6 is 11.3 Å². The second kappa shape index (κ2) is 6.99. The molecule has 0 saturated carbocycles. The van der Waals surface area contributed by atoms with E-state index in [1.807, 2.05) is 0 Å². The summed E-state index contributed by atoms with van der Waals surface area (Å²) in [7, 11) is 0. The van der Waals surface area contributed by atoms with E-state index in [0.717, 1.165) is 53.6 Å². The zero-order valence-corrected chi connectivity index (χ0v) is 15.1. The van der Waals surface area contributed by atoms with E-state index in [1.54, 1.807) is 17.4 Å². The van der Waals surface area contributed by atoms with Crippen LogP contribution in [0.5, 0.6) is 0 Å². The summed E-state index contributed by atoms with van der Waals surface area (Å²) in [5, 5.41) is 5.47. The van der Waals surface area contributed by atoms with Crippen molar-refractivity contribution in [2.24, 2.45) is 11.8 Å². The molecule has 3 rings (SSSR count). The zero-order valence-electron chi connectivity index (χ0n) is 14.3. The van der Waals surface area contributed by atoms with Crippen LogP contribution in [-0.2, 0) is 6.42 Å². The molecule has 0 aromatic carbocycles. The Kier molecular flexibility index (Phi) is 4.99. The third-order valence-electron chi connectivity index (χ3n) is 5.00. The van der Waals surface area contributed by atoms with Crippen molar-refractivity contribution in [3.8, 4) is 0 Å². The first-order valence-corrected chi connectivity index (χ1v) is 9.62. The second-order valence-electron chi connectivity index (χ2n) is 6.49. The number of anilines is 1. The molecular formula is C17H26N4OS. The molecule has 2 aromatic rings. The molecule has 1 fully saturated rings. The van der Waals surface area contributed by atoms with Crippen molar-refractivity contribution in [1.29, 1.82) is 0 Å². The third-order valence-corrected chi connectivity index (χ3v) is 5.97. The molecule has 1 aliphatic rings. The molecule has 23 heavy (non-hydrogen) atoms. The van der Waals surface area contributed by atoms with Gasteiger partial charge in [0.1, 0.15) is 0 Å². The van der Waals surface area contributed by atoms with Gasteiger partial charge in [0.25, 0.3) is 5.56 Å². The summed E-state index contributed by atoms with van der Waals surface area (Å²) >= 11 is 1.54. The van der Waals surface area contributed by atoms with Gasteiger partial charge in [0, 0.05) is 24.8 Å². The van der Waals surface area contributed by atoms with Crippen molar-refractivity contribution in [2.45, 2.75) is 52.9 Å². The number of fused-ring (bicyclic) bond motifs is 1. The predicted molar refractivity (Wildman–Crippen MR) is 95.5 cm³/mol. The zero-order chi connectivity index (χ0) is 16.4. The molecule has 5 nitrogen and oxygen atoms in total. The van der Waals surface area contributed by atoms with Crippen LogP contribution in [0, 0.1) is 11.8 Å². The van der Waals surface area contributed by atoms with Gasteiger partial charge in [0.15, 0.2) is 0 Å². The highest BCUT2D eigenvalue weighted by Gasteiger charge is 2.29. The van der Waals surface area contributed by atoms with E-state index < -0.39 is 0 Å². The highest BCUT2D eigenvalue weighted by Crippen LogP contribution is 2.33. The van der Waals surface area contributed by atoms with E-state index in [2.05, 4.69) is 35.8 Å². The fraction of sp³-hybridized carbons (Fsp3) is 0.706. The summed E-state index contributed by atoms with van der Waals surface area (Å²) in [5.41, 5.74) is 0.820. The Balaban J connectivity index is 1.84. The van der Waals surface area contributed by atoms with Crippen molar-refractivity contribution in [1.82, 2.24) is 14.6 Å². The van der Waals surface area contributed by atoms with Gasteiger partial charge in [0.05, 0.1) is 0 Å². The van der Waals surface area contributed by atoms with Gasteiger partial charge in [0.2, 0.25) is 10.1 Å². The minimum Gasteiger partial charge on any atom is -0.346 e. The van der Waals surface area contributed by atoms with Gasteiger partial charge in [-0.05, 0) is 24.7 Å². The molecule has 126 valence electrons. The normalized spacial score (nSPS) is 18.4. The molecule has 0 bridgehead atoms. The van der Waals surface area contributed by atoms with Crippen LogP contribution in [0.2, 0.25) is 0 Å². The molecule has 1 saturated heterocycles. The van der Waals surface area contributed by atoms with Crippen LogP contribution < -0.4 is 10.5 Å². The van der Waals surface area contributed by atoms with E-state index in [9.17, 15) is 4.79 Å². The van der Waals surface area contributed by atoms with Crippen molar-refractivity contribution < 1.29 is 0 Å². The lowest BCUT2D eigenvalue weighted by molar-refractivity contribution is 0.339. The maximum absolute atomic E-state index is 12.2. The number of aryl methyl sites for hydroxylation is 1. The molecule has 6 heteroatoms. The minimum atomic E-state index is -0.0586. The Hall–Kier alpha value is -1.43. The summed E-state index contributed by atoms with van der Waals surface area (Å²) in [6.07, 6.45) is 5.56. The van der Waals surface area contributed by atoms with Crippen LogP contribution in [0.4, 0.5) is 5.13 Å².